The monoisotopic (exact) mass is 472 g/mol. The zero-order valence-electron chi connectivity index (χ0n) is 19.5. The van der Waals surface area contributed by atoms with Crippen LogP contribution in [-0.4, -0.2) is 64.9 Å². The van der Waals surface area contributed by atoms with Crippen LogP contribution in [0.1, 0.15) is 32.3 Å². The first-order valence-electron chi connectivity index (χ1n) is 10.0. The molecule has 1 amide bonds. The van der Waals surface area contributed by atoms with Gasteiger partial charge in [-0.3, -0.25) is 9.35 Å². The minimum Gasteiger partial charge on any atom is -0.493 e. The summed E-state index contributed by atoms with van der Waals surface area (Å²) in [5.41, 5.74) is 7.87. The van der Waals surface area contributed by atoms with E-state index in [0.29, 0.717) is 43.2 Å². The molecule has 0 heterocycles. The summed E-state index contributed by atoms with van der Waals surface area (Å²) in [4.78, 5) is 16.2. The van der Waals surface area contributed by atoms with Crippen LogP contribution in [0.3, 0.4) is 0 Å². The predicted octanol–water partition coefficient (Wildman–Crippen LogP) is 1.52. The molecule has 0 radical (unpaired) electrons. The zero-order valence-corrected chi connectivity index (χ0v) is 20.3. The van der Waals surface area contributed by atoms with E-state index in [9.17, 15) is 13.2 Å². The second kappa shape index (κ2) is 15.9. The van der Waals surface area contributed by atoms with Gasteiger partial charge in [0.1, 0.15) is 0 Å². The molecule has 0 bridgehead atoms. The maximum atomic E-state index is 12.0. The normalized spacial score (nSPS) is 11.0. The molecule has 5 N–H and O–H groups in total. The summed E-state index contributed by atoms with van der Waals surface area (Å²) in [5, 5.41) is 5.99. The molecule has 0 aliphatic carbocycles. The number of allylic oxidation sites excluding steroid dienone is 1. The summed E-state index contributed by atoms with van der Waals surface area (Å²) in [7, 11) is -0.503. The van der Waals surface area contributed by atoms with Gasteiger partial charge in [-0.15, -0.1) is 0 Å². The number of amides is 1. The van der Waals surface area contributed by atoms with Gasteiger partial charge in [-0.05, 0) is 44.4 Å². The summed E-state index contributed by atoms with van der Waals surface area (Å²) in [5.74, 6) is 1.71. The van der Waals surface area contributed by atoms with E-state index in [1.54, 1.807) is 20.3 Å². The van der Waals surface area contributed by atoms with Crippen LogP contribution in [-0.2, 0) is 21.3 Å². The number of aliphatic imine (C=N–C) groups is 1. The Morgan fingerprint density at radius 1 is 1.12 bits per heavy atom. The van der Waals surface area contributed by atoms with Crippen LogP contribution in [0.2, 0.25) is 0 Å². The van der Waals surface area contributed by atoms with Crippen LogP contribution in [0, 0.1) is 0 Å². The number of methoxy groups -OCH3 is 2. The van der Waals surface area contributed by atoms with Gasteiger partial charge in [0.05, 0.1) is 33.4 Å². The number of nitrogens with two attached hydrogens (primary N) is 1. The molecular weight excluding hydrogens is 436 g/mol. The third-order valence-electron chi connectivity index (χ3n) is 3.81. The second-order valence-corrected chi connectivity index (χ2v) is 8.56. The lowest BCUT2D eigenvalue weighted by molar-refractivity contribution is -0.120. The van der Waals surface area contributed by atoms with Gasteiger partial charge < -0.3 is 25.8 Å². The van der Waals surface area contributed by atoms with Crippen molar-refractivity contribution in [1.82, 2.24) is 10.6 Å². The van der Waals surface area contributed by atoms with E-state index < -0.39 is 10.1 Å². The highest BCUT2D eigenvalue weighted by molar-refractivity contribution is 7.85. The lowest BCUT2D eigenvalue weighted by Crippen LogP contribution is -2.33. The summed E-state index contributed by atoms with van der Waals surface area (Å²) in [6, 6.07) is 5.48. The number of ether oxygens (including phenoxy) is 2. The van der Waals surface area contributed by atoms with E-state index >= 15 is 0 Å². The molecule has 182 valence electrons. The van der Waals surface area contributed by atoms with Gasteiger partial charge in [-0.1, -0.05) is 17.7 Å². The maximum Gasteiger partial charge on any atom is 0.261 e. The Morgan fingerprint density at radius 3 is 2.22 bits per heavy atom. The van der Waals surface area contributed by atoms with Gasteiger partial charge in [-0.25, -0.2) is 4.99 Å². The molecule has 1 aromatic rings. The first kappa shape index (κ1) is 29.2. The fourth-order valence-electron chi connectivity index (χ4n) is 2.32. The number of hydrogen-bond acceptors (Lipinski definition) is 6. The smallest absolute Gasteiger partial charge is 0.261 e. The first-order chi connectivity index (χ1) is 15.0. The molecule has 0 atom stereocenters. The van der Waals surface area contributed by atoms with Crippen LogP contribution in [0.4, 0.5) is 0 Å². The molecule has 32 heavy (non-hydrogen) atoms. The number of nitrogens with zero attached hydrogens (tertiary/aromatic N) is 1. The molecular formula is C21H36N4O6S. The highest BCUT2D eigenvalue weighted by Gasteiger charge is 2.08. The first-order valence-corrected chi connectivity index (χ1v) is 11.9. The molecule has 0 unspecified atom stereocenters. The molecule has 0 fully saturated rings. The van der Waals surface area contributed by atoms with Crippen molar-refractivity contribution in [2.45, 2.75) is 33.1 Å². The van der Waals surface area contributed by atoms with Crippen molar-refractivity contribution in [3.63, 3.8) is 0 Å². The number of unbranched alkanes of at least 4 members (excludes halogenated alkanes) is 1. The SMILES string of the molecule is COc1ccc(CC(=O)NCCCCNC(N)=NCC=C(C)C)cc1OC.CS(=O)(=O)O. The second-order valence-electron chi connectivity index (χ2n) is 7.09. The van der Waals surface area contributed by atoms with Crippen LogP contribution < -0.4 is 25.8 Å². The number of rotatable bonds is 11. The Bertz CT molecular complexity index is 857. The molecule has 10 nitrogen and oxygen atoms in total. The molecule has 1 aromatic carbocycles. The highest BCUT2D eigenvalue weighted by atomic mass is 32.2. The molecule has 1 rings (SSSR count). The fourth-order valence-corrected chi connectivity index (χ4v) is 2.32. The highest BCUT2D eigenvalue weighted by Crippen LogP contribution is 2.27. The topological polar surface area (TPSA) is 152 Å². The number of nitrogens with one attached hydrogen (secondary N) is 2. The summed E-state index contributed by atoms with van der Waals surface area (Å²) < 4.78 is 36.3. The maximum absolute atomic E-state index is 12.0. The van der Waals surface area contributed by atoms with E-state index in [4.69, 9.17) is 19.8 Å². The molecule has 0 aliphatic rings. The van der Waals surface area contributed by atoms with E-state index in [0.717, 1.165) is 24.9 Å². The lowest BCUT2D eigenvalue weighted by Gasteiger charge is -2.10. The lowest BCUT2D eigenvalue weighted by atomic mass is 10.1. The third kappa shape index (κ3) is 16.9. The van der Waals surface area contributed by atoms with Crippen molar-refractivity contribution in [3.05, 3.63) is 35.4 Å². The molecule has 0 aliphatic heterocycles. The Balaban J connectivity index is 0.00000172. The number of carbonyl (C=O) groups is 1. The predicted molar refractivity (Wildman–Crippen MR) is 127 cm³/mol. The van der Waals surface area contributed by atoms with Gasteiger partial charge in [-0.2, -0.15) is 8.42 Å². The molecule has 0 aromatic heterocycles. The Labute approximate surface area is 191 Å². The number of benzene rings is 1. The number of guanidine groups is 1. The minimum atomic E-state index is -3.67. The standard InChI is InChI=1S/C20H32N4O3.CH4O3S/c1-15(2)9-12-24-20(21)23-11-6-5-10-22-19(25)14-16-7-8-17(26-3)18(13-16)27-4;1-5(2,3)4/h7-9,13H,5-6,10-12,14H2,1-4H3,(H,22,25)(H3,21,23,24);1H3,(H,2,3,4). The van der Waals surface area contributed by atoms with Gasteiger partial charge in [0.25, 0.3) is 10.1 Å². The number of hydrogen-bond donors (Lipinski definition) is 4. The average Bonchev–Trinajstić information content (AvgIpc) is 2.68. The Morgan fingerprint density at radius 2 is 1.69 bits per heavy atom. The molecule has 11 heteroatoms. The van der Waals surface area contributed by atoms with Crippen molar-refractivity contribution >= 4 is 22.0 Å². The van der Waals surface area contributed by atoms with E-state index in [2.05, 4.69) is 15.6 Å². The largest absolute Gasteiger partial charge is 0.493 e. The molecule has 0 spiro atoms. The fraction of sp³-hybridized carbons (Fsp3) is 0.524. The Hall–Kier alpha value is -2.79. The minimum absolute atomic E-state index is 0.0158. The Kier molecular flexibility index (Phi) is 14.5. The van der Waals surface area contributed by atoms with Crippen molar-refractivity contribution in [3.8, 4) is 11.5 Å². The van der Waals surface area contributed by atoms with Crippen LogP contribution in [0.15, 0.2) is 34.8 Å². The van der Waals surface area contributed by atoms with E-state index in [1.807, 2.05) is 32.1 Å². The van der Waals surface area contributed by atoms with Crippen molar-refractivity contribution in [2.75, 3.05) is 40.1 Å². The van der Waals surface area contributed by atoms with Crippen molar-refractivity contribution in [2.24, 2.45) is 10.7 Å². The van der Waals surface area contributed by atoms with Gasteiger partial charge >= 0.3 is 0 Å². The summed E-state index contributed by atoms with van der Waals surface area (Å²) in [6.45, 7) is 6.00. The molecule has 0 saturated carbocycles. The van der Waals surface area contributed by atoms with Gasteiger partial charge in [0.15, 0.2) is 17.5 Å². The van der Waals surface area contributed by atoms with E-state index in [-0.39, 0.29) is 5.91 Å². The summed E-state index contributed by atoms with van der Waals surface area (Å²) >= 11 is 0. The quantitative estimate of drug-likeness (QED) is 0.124. The van der Waals surface area contributed by atoms with Crippen LogP contribution >= 0.6 is 0 Å². The van der Waals surface area contributed by atoms with Gasteiger partial charge in [0, 0.05) is 13.1 Å². The average molecular weight is 473 g/mol. The molecule has 0 saturated heterocycles. The van der Waals surface area contributed by atoms with Crippen LogP contribution in [0.25, 0.3) is 0 Å². The zero-order chi connectivity index (χ0) is 24.6. The van der Waals surface area contributed by atoms with Gasteiger partial charge in [0.2, 0.25) is 5.91 Å². The van der Waals surface area contributed by atoms with Crippen molar-refractivity contribution in [1.29, 1.82) is 0 Å². The van der Waals surface area contributed by atoms with Crippen molar-refractivity contribution < 1.29 is 27.2 Å². The summed E-state index contributed by atoms with van der Waals surface area (Å²) in [6.07, 6.45) is 4.81. The van der Waals surface area contributed by atoms with Crippen LogP contribution in [0.5, 0.6) is 11.5 Å². The third-order valence-corrected chi connectivity index (χ3v) is 3.81. The van der Waals surface area contributed by atoms with E-state index in [1.165, 1.54) is 5.57 Å². The number of carbonyl (C=O) groups excluding carboxylic acids is 1.